The normalized spacial score (nSPS) is 11.2. The van der Waals surface area contributed by atoms with Gasteiger partial charge in [-0.15, -0.1) is 11.3 Å². The number of fused-ring (bicyclic) bond motifs is 1. The molecule has 0 aliphatic carbocycles. The zero-order valence-electron chi connectivity index (χ0n) is 10.4. The number of halogens is 2. The first-order valence-electron chi connectivity index (χ1n) is 5.75. The van der Waals surface area contributed by atoms with E-state index in [1.807, 2.05) is 0 Å². The van der Waals surface area contributed by atoms with Crippen molar-refractivity contribution in [3.05, 3.63) is 45.1 Å². The average Bonchev–Trinajstić information content (AvgIpc) is 2.66. The van der Waals surface area contributed by atoms with Crippen molar-refractivity contribution < 1.29 is 0 Å². The molecule has 0 N–H and O–H groups in total. The Morgan fingerprint density at radius 3 is 2.37 bits per heavy atom. The quantitative estimate of drug-likeness (QED) is 0.451. The molecule has 0 bridgehead atoms. The van der Waals surface area contributed by atoms with Crippen LogP contribution in [-0.2, 0) is 0 Å². The van der Waals surface area contributed by atoms with E-state index >= 15 is 0 Å². The Bertz CT molecular complexity index is 763. The molecule has 0 atom stereocenters. The number of aromatic nitrogens is 2. The maximum atomic E-state index is 6.23. The average molecular weight is 309 g/mol. The van der Waals surface area contributed by atoms with Crippen LogP contribution >= 0.6 is 34.5 Å². The van der Waals surface area contributed by atoms with Crippen LogP contribution in [0.4, 0.5) is 0 Å². The Hall–Kier alpha value is -1.16. The van der Waals surface area contributed by atoms with E-state index in [2.05, 4.69) is 48.1 Å². The number of nitrogens with zero attached hydrogens (tertiary/aromatic N) is 2. The summed E-state index contributed by atoms with van der Waals surface area (Å²) in [5.74, 6) is 0. The molecule has 2 aromatic heterocycles. The first kappa shape index (κ1) is 12.9. The summed E-state index contributed by atoms with van der Waals surface area (Å²) in [5, 5.41) is 1.49. The maximum absolute atomic E-state index is 6.23. The van der Waals surface area contributed by atoms with Crippen LogP contribution in [0, 0.1) is 13.8 Å². The van der Waals surface area contributed by atoms with Crippen LogP contribution in [-0.4, -0.2) is 9.97 Å². The van der Waals surface area contributed by atoms with Gasteiger partial charge in [-0.2, -0.15) is 0 Å². The van der Waals surface area contributed by atoms with Gasteiger partial charge in [-0.25, -0.2) is 9.97 Å². The fourth-order valence-electron chi connectivity index (χ4n) is 2.11. The summed E-state index contributed by atoms with van der Waals surface area (Å²) in [7, 11) is 0. The van der Waals surface area contributed by atoms with E-state index in [-0.39, 0.29) is 5.28 Å². The number of hydrogen-bond donors (Lipinski definition) is 0. The molecule has 0 amide bonds. The molecule has 96 valence electrons. The minimum atomic E-state index is 0.189. The molecule has 0 spiro atoms. The highest BCUT2D eigenvalue weighted by molar-refractivity contribution is 7.19. The van der Waals surface area contributed by atoms with E-state index in [1.54, 1.807) is 11.3 Å². The van der Waals surface area contributed by atoms with Crippen molar-refractivity contribution in [1.29, 1.82) is 0 Å². The number of thiophene rings is 1. The molecular weight excluding hydrogens is 299 g/mol. The van der Waals surface area contributed by atoms with E-state index in [0.717, 1.165) is 26.2 Å². The predicted molar refractivity (Wildman–Crippen MR) is 82.3 cm³/mol. The molecule has 0 aliphatic heterocycles. The number of rotatable bonds is 1. The van der Waals surface area contributed by atoms with Gasteiger partial charge in [0, 0.05) is 10.4 Å². The number of benzene rings is 1. The molecule has 5 heteroatoms. The highest BCUT2D eigenvalue weighted by atomic mass is 35.5. The summed E-state index contributed by atoms with van der Waals surface area (Å²) in [6, 6.07) is 8.36. The fraction of sp³-hybridized carbons (Fsp3) is 0.143. The molecule has 19 heavy (non-hydrogen) atoms. The van der Waals surface area contributed by atoms with Gasteiger partial charge >= 0.3 is 0 Å². The highest BCUT2D eigenvalue weighted by Gasteiger charge is 2.16. The zero-order valence-corrected chi connectivity index (χ0v) is 12.7. The van der Waals surface area contributed by atoms with Crippen molar-refractivity contribution in [1.82, 2.24) is 9.97 Å². The van der Waals surface area contributed by atoms with Gasteiger partial charge in [0.2, 0.25) is 5.28 Å². The van der Waals surface area contributed by atoms with Crippen LogP contribution < -0.4 is 0 Å². The number of hydrogen-bond acceptors (Lipinski definition) is 3. The molecule has 0 fully saturated rings. The van der Waals surface area contributed by atoms with Crippen molar-refractivity contribution in [3.8, 4) is 11.1 Å². The van der Waals surface area contributed by atoms with Crippen LogP contribution in [0.1, 0.15) is 10.4 Å². The lowest BCUT2D eigenvalue weighted by Gasteiger charge is -2.03. The summed E-state index contributed by atoms with van der Waals surface area (Å²) in [5.41, 5.74) is 3.45. The van der Waals surface area contributed by atoms with Crippen molar-refractivity contribution in [2.45, 2.75) is 13.8 Å². The van der Waals surface area contributed by atoms with Gasteiger partial charge in [0.25, 0.3) is 0 Å². The molecule has 2 nitrogen and oxygen atoms in total. The summed E-state index contributed by atoms with van der Waals surface area (Å²) in [6.45, 7) is 4.13. The lowest BCUT2D eigenvalue weighted by Crippen LogP contribution is -1.85. The fourth-order valence-corrected chi connectivity index (χ4v) is 3.74. The third-order valence-corrected chi connectivity index (χ3v) is 4.44. The second-order valence-corrected chi connectivity index (χ2v) is 6.26. The second kappa shape index (κ2) is 4.75. The van der Waals surface area contributed by atoms with E-state index < -0.39 is 0 Å². The monoisotopic (exact) mass is 308 g/mol. The second-order valence-electron chi connectivity index (χ2n) is 4.36. The van der Waals surface area contributed by atoms with Crippen molar-refractivity contribution in [2.75, 3.05) is 0 Å². The molecule has 2 heterocycles. The van der Waals surface area contributed by atoms with Gasteiger partial charge in [0.15, 0.2) is 0 Å². The lowest BCUT2D eigenvalue weighted by atomic mass is 10.0. The Balaban J connectivity index is 2.34. The Labute approximate surface area is 125 Å². The Morgan fingerprint density at radius 2 is 1.68 bits per heavy atom. The van der Waals surface area contributed by atoms with Crippen molar-refractivity contribution >= 4 is 44.8 Å². The third kappa shape index (κ3) is 2.22. The smallest absolute Gasteiger partial charge is 0.207 e. The van der Waals surface area contributed by atoms with Crippen molar-refractivity contribution in [3.63, 3.8) is 0 Å². The van der Waals surface area contributed by atoms with Crippen LogP contribution in [0.5, 0.6) is 0 Å². The highest BCUT2D eigenvalue weighted by Crippen LogP contribution is 2.40. The molecule has 0 aliphatic rings. The van der Waals surface area contributed by atoms with Crippen LogP contribution in [0.2, 0.25) is 10.4 Å². The van der Waals surface area contributed by atoms with E-state index in [1.165, 1.54) is 5.56 Å². The first-order valence-corrected chi connectivity index (χ1v) is 7.32. The molecule has 0 unspecified atom stereocenters. The molecule has 3 rings (SSSR count). The molecule has 0 radical (unpaired) electrons. The summed E-state index contributed by atoms with van der Waals surface area (Å²) < 4.78 is 0. The molecule has 1 aromatic carbocycles. The summed E-state index contributed by atoms with van der Waals surface area (Å²) in [4.78, 5) is 10.3. The summed E-state index contributed by atoms with van der Waals surface area (Å²) >= 11 is 13.7. The third-order valence-electron chi connectivity index (χ3n) is 3.00. The van der Waals surface area contributed by atoms with Gasteiger partial charge in [0.05, 0.1) is 5.39 Å². The molecule has 3 aromatic rings. The Morgan fingerprint density at radius 1 is 1.00 bits per heavy atom. The predicted octanol–water partition coefficient (Wildman–Crippen LogP) is 5.28. The van der Waals surface area contributed by atoms with Gasteiger partial charge in [0.1, 0.15) is 9.98 Å². The minimum Gasteiger partial charge on any atom is -0.207 e. The van der Waals surface area contributed by atoms with Gasteiger partial charge in [-0.1, -0.05) is 41.4 Å². The SMILES string of the molecule is Cc1ccc(-c2c(C)sc3nc(Cl)nc(Cl)c23)cc1. The molecule has 0 saturated carbocycles. The molecule has 0 saturated heterocycles. The van der Waals surface area contributed by atoms with Crippen LogP contribution in [0.15, 0.2) is 24.3 Å². The van der Waals surface area contributed by atoms with Crippen molar-refractivity contribution in [2.24, 2.45) is 0 Å². The Kier molecular flexibility index (Phi) is 3.21. The lowest BCUT2D eigenvalue weighted by molar-refractivity contribution is 1.23. The van der Waals surface area contributed by atoms with Gasteiger partial charge in [-0.05, 0) is 31.0 Å². The van der Waals surface area contributed by atoms with Crippen LogP contribution in [0.25, 0.3) is 21.3 Å². The van der Waals surface area contributed by atoms with Crippen LogP contribution in [0.3, 0.4) is 0 Å². The van der Waals surface area contributed by atoms with Gasteiger partial charge < -0.3 is 0 Å². The minimum absolute atomic E-state index is 0.189. The van der Waals surface area contributed by atoms with E-state index in [9.17, 15) is 0 Å². The standard InChI is InChI=1S/C14H10Cl2N2S/c1-7-3-5-9(6-4-7)10-8(2)19-13-11(10)12(15)17-14(16)18-13/h3-6H,1-2H3. The largest absolute Gasteiger partial charge is 0.225 e. The summed E-state index contributed by atoms with van der Waals surface area (Å²) in [6.07, 6.45) is 0. The topological polar surface area (TPSA) is 25.8 Å². The molecular formula is C14H10Cl2N2S. The van der Waals surface area contributed by atoms with E-state index in [0.29, 0.717) is 5.15 Å². The van der Waals surface area contributed by atoms with E-state index in [4.69, 9.17) is 23.2 Å². The first-order chi connectivity index (χ1) is 9.06. The maximum Gasteiger partial charge on any atom is 0.225 e. The number of aryl methyl sites for hydroxylation is 2. The zero-order chi connectivity index (χ0) is 13.6. The van der Waals surface area contributed by atoms with Gasteiger partial charge in [-0.3, -0.25) is 0 Å².